The second-order valence-electron chi connectivity index (χ2n) is 7.86. The maximum atomic E-state index is 12.6. The molecule has 1 aromatic rings. The predicted octanol–water partition coefficient (Wildman–Crippen LogP) is 2.59. The summed E-state index contributed by atoms with van der Waals surface area (Å²) in [5, 5.41) is 4.11. The van der Waals surface area contributed by atoms with E-state index in [1.54, 1.807) is 20.2 Å². The number of ether oxygens (including phenoxy) is 2. The molecule has 3 rings (SSSR count). The molecular formula is C18H22F6N4O4. The number of esters is 1. The minimum Gasteiger partial charge on any atom is -0.461 e. The fourth-order valence-corrected chi connectivity index (χ4v) is 4.13. The lowest BCUT2D eigenvalue weighted by molar-refractivity contribution is -0.308. The first-order valence-electron chi connectivity index (χ1n) is 9.80. The van der Waals surface area contributed by atoms with Crippen molar-refractivity contribution in [3.8, 4) is 0 Å². The van der Waals surface area contributed by atoms with Gasteiger partial charge < -0.3 is 14.4 Å². The molecule has 1 amide bonds. The zero-order valence-corrected chi connectivity index (χ0v) is 17.2. The van der Waals surface area contributed by atoms with Gasteiger partial charge in [-0.2, -0.15) is 31.4 Å². The predicted molar refractivity (Wildman–Crippen MR) is 95.4 cm³/mol. The average molecular weight is 472 g/mol. The van der Waals surface area contributed by atoms with E-state index in [9.17, 15) is 35.9 Å². The van der Waals surface area contributed by atoms with Crippen LogP contribution in [-0.4, -0.2) is 82.9 Å². The Kier molecular flexibility index (Phi) is 6.63. The summed E-state index contributed by atoms with van der Waals surface area (Å²) in [5.74, 6) is -0.832. The first-order chi connectivity index (χ1) is 14.8. The molecule has 3 heterocycles. The number of carbonyl (C=O) groups excluding carboxylic acids is 2. The smallest absolute Gasteiger partial charge is 0.434 e. The summed E-state index contributed by atoms with van der Waals surface area (Å²) in [5.41, 5.74) is 0.822. The van der Waals surface area contributed by atoms with Gasteiger partial charge in [-0.3, -0.25) is 9.58 Å². The van der Waals surface area contributed by atoms with Crippen LogP contribution in [0.25, 0.3) is 0 Å². The molecule has 2 saturated heterocycles. The molecule has 0 bridgehead atoms. The molecule has 1 aromatic heterocycles. The lowest BCUT2D eigenvalue weighted by Crippen LogP contribution is -2.48. The monoisotopic (exact) mass is 472 g/mol. The van der Waals surface area contributed by atoms with Crippen molar-refractivity contribution in [2.24, 2.45) is 18.9 Å². The van der Waals surface area contributed by atoms with E-state index in [1.807, 2.05) is 4.90 Å². The summed E-state index contributed by atoms with van der Waals surface area (Å²) < 4.78 is 86.0. The summed E-state index contributed by atoms with van der Waals surface area (Å²) in [7, 11) is 1.66. The molecule has 180 valence electrons. The molecule has 2 fully saturated rings. The maximum Gasteiger partial charge on any atom is 0.434 e. The van der Waals surface area contributed by atoms with Gasteiger partial charge in [-0.25, -0.2) is 9.59 Å². The zero-order chi connectivity index (χ0) is 23.8. The molecule has 2 unspecified atom stereocenters. The maximum absolute atomic E-state index is 12.6. The number of aromatic nitrogens is 2. The zero-order valence-electron chi connectivity index (χ0n) is 17.2. The number of amides is 1. The number of aryl methyl sites for hydroxylation is 1. The minimum absolute atomic E-state index is 0.0137. The minimum atomic E-state index is -5.75. The molecule has 8 nitrogen and oxygen atoms in total. The van der Waals surface area contributed by atoms with E-state index < -0.39 is 30.5 Å². The van der Waals surface area contributed by atoms with E-state index in [-0.39, 0.29) is 37.2 Å². The summed E-state index contributed by atoms with van der Waals surface area (Å²) in [6, 6.07) is 0. The third-order valence-corrected chi connectivity index (χ3v) is 5.40. The standard InChI is InChI=1S/C18H22F6N4O4/c1-3-31-14(29)13-12(4-26(2)25-13)7-27-5-10-8-28(9-11(10)6-27)16(30)32-15(17(19,20)21)18(22,23)24/h4,10-11,15H,3,5-9H2,1-2H3. The Labute approximate surface area is 179 Å². The molecule has 14 heteroatoms. The van der Waals surface area contributed by atoms with Crippen LogP contribution in [0.5, 0.6) is 0 Å². The van der Waals surface area contributed by atoms with Crippen molar-refractivity contribution in [3.05, 3.63) is 17.5 Å². The first-order valence-corrected chi connectivity index (χ1v) is 9.80. The molecule has 32 heavy (non-hydrogen) atoms. The number of hydrogen-bond donors (Lipinski definition) is 0. The fourth-order valence-electron chi connectivity index (χ4n) is 4.13. The van der Waals surface area contributed by atoms with Gasteiger partial charge in [0.15, 0.2) is 5.69 Å². The van der Waals surface area contributed by atoms with Crippen LogP contribution in [0.2, 0.25) is 0 Å². The summed E-state index contributed by atoms with van der Waals surface area (Å²) in [6.45, 7) is 3.11. The van der Waals surface area contributed by atoms with Crippen LogP contribution in [0.15, 0.2) is 6.20 Å². The number of carbonyl (C=O) groups is 2. The van der Waals surface area contributed by atoms with Crippen LogP contribution >= 0.6 is 0 Å². The Morgan fingerprint density at radius 1 is 1.09 bits per heavy atom. The lowest BCUT2D eigenvalue weighted by Gasteiger charge is -2.26. The number of hydrogen-bond acceptors (Lipinski definition) is 6. The quantitative estimate of drug-likeness (QED) is 0.485. The Balaban J connectivity index is 1.58. The van der Waals surface area contributed by atoms with Gasteiger partial charge >= 0.3 is 24.4 Å². The van der Waals surface area contributed by atoms with Crippen molar-refractivity contribution >= 4 is 12.1 Å². The van der Waals surface area contributed by atoms with Crippen LogP contribution < -0.4 is 0 Å². The normalized spacial score (nSPS) is 21.8. The van der Waals surface area contributed by atoms with Gasteiger partial charge in [0.2, 0.25) is 0 Å². The number of likely N-dealkylation sites (tertiary alicyclic amines) is 2. The van der Waals surface area contributed by atoms with Crippen molar-refractivity contribution in [3.63, 3.8) is 0 Å². The number of fused-ring (bicyclic) bond motifs is 1. The molecule has 2 atom stereocenters. The molecule has 0 spiro atoms. The second kappa shape index (κ2) is 8.79. The largest absolute Gasteiger partial charge is 0.461 e. The van der Waals surface area contributed by atoms with Gasteiger partial charge in [0.25, 0.3) is 6.10 Å². The highest BCUT2D eigenvalue weighted by molar-refractivity contribution is 5.88. The van der Waals surface area contributed by atoms with Gasteiger partial charge in [0.05, 0.1) is 6.61 Å². The Morgan fingerprint density at radius 2 is 1.66 bits per heavy atom. The van der Waals surface area contributed by atoms with Gasteiger partial charge in [-0.15, -0.1) is 0 Å². The van der Waals surface area contributed by atoms with Crippen molar-refractivity contribution < 1.29 is 45.4 Å². The van der Waals surface area contributed by atoms with E-state index in [0.29, 0.717) is 25.2 Å². The first kappa shape index (κ1) is 24.1. The molecule has 0 saturated carbocycles. The van der Waals surface area contributed by atoms with Gasteiger partial charge in [-0.05, 0) is 18.8 Å². The molecule has 0 N–H and O–H groups in total. The number of nitrogens with zero attached hydrogens (tertiary/aromatic N) is 4. The summed E-state index contributed by atoms with van der Waals surface area (Å²) in [4.78, 5) is 26.9. The highest BCUT2D eigenvalue weighted by atomic mass is 19.4. The molecule has 0 aromatic carbocycles. The van der Waals surface area contributed by atoms with Crippen LogP contribution in [0, 0.1) is 11.8 Å². The van der Waals surface area contributed by atoms with Gasteiger partial charge in [0, 0.05) is 51.5 Å². The Morgan fingerprint density at radius 3 is 2.16 bits per heavy atom. The van der Waals surface area contributed by atoms with Gasteiger partial charge in [0.1, 0.15) is 0 Å². The van der Waals surface area contributed by atoms with Crippen molar-refractivity contribution in [2.75, 3.05) is 32.8 Å². The number of halogens is 6. The van der Waals surface area contributed by atoms with E-state index in [1.165, 1.54) is 4.68 Å². The summed E-state index contributed by atoms with van der Waals surface area (Å²) >= 11 is 0. The second-order valence-corrected chi connectivity index (χ2v) is 7.86. The third kappa shape index (κ3) is 5.27. The molecule has 0 aliphatic carbocycles. The molecule has 2 aliphatic rings. The molecular weight excluding hydrogens is 450 g/mol. The van der Waals surface area contributed by atoms with E-state index in [4.69, 9.17) is 4.74 Å². The number of rotatable bonds is 5. The van der Waals surface area contributed by atoms with E-state index >= 15 is 0 Å². The van der Waals surface area contributed by atoms with Crippen molar-refractivity contribution in [2.45, 2.75) is 31.9 Å². The van der Waals surface area contributed by atoms with E-state index in [0.717, 1.165) is 4.90 Å². The highest BCUT2D eigenvalue weighted by Crippen LogP contribution is 2.37. The molecule has 2 aliphatic heterocycles. The highest BCUT2D eigenvalue weighted by Gasteiger charge is 2.60. The Bertz CT molecular complexity index is 828. The van der Waals surface area contributed by atoms with Crippen molar-refractivity contribution in [1.29, 1.82) is 0 Å². The van der Waals surface area contributed by atoms with Crippen LogP contribution in [0.4, 0.5) is 31.1 Å². The van der Waals surface area contributed by atoms with Crippen LogP contribution in [-0.2, 0) is 23.1 Å². The summed E-state index contributed by atoms with van der Waals surface area (Å²) in [6.07, 6.45) is -15.6. The third-order valence-electron chi connectivity index (χ3n) is 5.40. The Hall–Kier alpha value is -2.51. The van der Waals surface area contributed by atoms with Gasteiger partial charge in [-0.1, -0.05) is 0 Å². The van der Waals surface area contributed by atoms with Crippen molar-refractivity contribution in [1.82, 2.24) is 19.6 Å². The average Bonchev–Trinajstić information content (AvgIpc) is 3.30. The van der Waals surface area contributed by atoms with E-state index in [2.05, 4.69) is 9.84 Å². The number of alkyl halides is 6. The molecule has 0 radical (unpaired) electrons. The lowest BCUT2D eigenvalue weighted by atomic mass is 10.0. The SMILES string of the molecule is CCOC(=O)c1nn(C)cc1CN1CC2CN(C(=O)OC(C(F)(F)F)C(F)(F)F)CC2C1. The fraction of sp³-hybridized carbons (Fsp3) is 0.722. The topological polar surface area (TPSA) is 76.9 Å². The van der Waals surface area contributed by atoms with Crippen LogP contribution in [0.3, 0.4) is 0 Å². The van der Waals surface area contributed by atoms with Crippen LogP contribution in [0.1, 0.15) is 23.0 Å².